The normalized spacial score (nSPS) is 30.8. The van der Waals surface area contributed by atoms with Gasteiger partial charge in [0, 0.05) is 43.1 Å². The number of amides is 2. The zero-order chi connectivity index (χ0) is 32.2. The van der Waals surface area contributed by atoms with E-state index in [1.807, 2.05) is 4.90 Å². The van der Waals surface area contributed by atoms with Crippen molar-refractivity contribution in [2.75, 3.05) is 38.9 Å². The van der Waals surface area contributed by atoms with Crippen molar-refractivity contribution < 1.29 is 37.4 Å². The molecule has 2 aliphatic heterocycles. The number of likely N-dealkylation sites (tertiary alicyclic amines) is 1. The van der Waals surface area contributed by atoms with Gasteiger partial charge in [-0.25, -0.2) is 4.79 Å². The summed E-state index contributed by atoms with van der Waals surface area (Å²) in [5.41, 5.74) is 7.30. The van der Waals surface area contributed by atoms with Gasteiger partial charge in [-0.3, -0.25) is 14.0 Å². The summed E-state index contributed by atoms with van der Waals surface area (Å²) in [7, 11) is 1.75. The Morgan fingerprint density at radius 2 is 1.80 bits per heavy atom. The summed E-state index contributed by atoms with van der Waals surface area (Å²) in [5.74, 6) is -0.0912. The van der Waals surface area contributed by atoms with E-state index in [1.165, 1.54) is 0 Å². The second kappa shape index (κ2) is 14.8. The third-order valence-electron chi connectivity index (χ3n) is 11.0. The van der Waals surface area contributed by atoms with Gasteiger partial charge in [0.25, 0.3) is 0 Å². The lowest BCUT2D eigenvalue weighted by atomic mass is 9.75. The SMILES string of the molecule is COC1CCC([C@@H]2CCN(C(=O)C3CCC([C@H](N)CCF)CC3)[C@@H]2C(=O)Nc2ccc3oc(C(=O)OC4CCOC4)cc3c2)CC1. The first-order valence-electron chi connectivity index (χ1n) is 17.1. The van der Waals surface area contributed by atoms with E-state index in [4.69, 9.17) is 24.4 Å². The average molecular weight is 642 g/mol. The molecule has 3 N–H and O–H groups in total. The number of benzene rings is 1. The predicted octanol–water partition coefficient (Wildman–Crippen LogP) is 5.23. The zero-order valence-corrected chi connectivity index (χ0v) is 26.8. The third kappa shape index (κ3) is 7.26. The van der Waals surface area contributed by atoms with Crippen LogP contribution in [0, 0.1) is 23.7 Å². The number of carbonyl (C=O) groups is 3. The fourth-order valence-corrected chi connectivity index (χ4v) is 8.29. The van der Waals surface area contributed by atoms with Gasteiger partial charge in [0.05, 0.1) is 26.0 Å². The minimum absolute atomic E-state index is 0.0480. The van der Waals surface area contributed by atoms with Crippen LogP contribution in [0.5, 0.6) is 0 Å². The number of fused-ring (bicyclic) bond motifs is 1. The number of methoxy groups -OCH3 is 1. The van der Waals surface area contributed by atoms with Crippen molar-refractivity contribution in [1.29, 1.82) is 0 Å². The fraction of sp³-hybridized carbons (Fsp3) is 0.686. The number of nitrogens with one attached hydrogen (secondary N) is 1. The number of alkyl halides is 1. The van der Waals surface area contributed by atoms with Crippen molar-refractivity contribution >= 4 is 34.4 Å². The Bertz CT molecular complexity index is 1360. The maximum atomic E-state index is 14.2. The maximum absolute atomic E-state index is 14.2. The molecule has 2 amide bonds. The van der Waals surface area contributed by atoms with Gasteiger partial charge in [0.2, 0.25) is 17.6 Å². The second-order valence-electron chi connectivity index (χ2n) is 13.7. The molecule has 46 heavy (non-hydrogen) atoms. The van der Waals surface area contributed by atoms with Gasteiger partial charge in [0.1, 0.15) is 17.7 Å². The number of rotatable bonds is 10. The Labute approximate surface area is 269 Å². The van der Waals surface area contributed by atoms with Crippen LogP contribution in [0.25, 0.3) is 11.0 Å². The molecule has 3 heterocycles. The summed E-state index contributed by atoms with van der Waals surface area (Å²) in [6.45, 7) is 1.09. The molecule has 2 aliphatic carbocycles. The van der Waals surface area contributed by atoms with E-state index in [0.29, 0.717) is 68.0 Å². The van der Waals surface area contributed by atoms with E-state index in [9.17, 15) is 18.8 Å². The van der Waals surface area contributed by atoms with Gasteiger partial charge < -0.3 is 34.6 Å². The van der Waals surface area contributed by atoms with Crippen molar-refractivity contribution in [2.45, 2.75) is 94.9 Å². The molecule has 1 unspecified atom stereocenters. The van der Waals surface area contributed by atoms with E-state index in [1.54, 1.807) is 31.4 Å². The first-order chi connectivity index (χ1) is 22.3. The number of nitrogens with two attached hydrogens (primary N) is 1. The lowest BCUT2D eigenvalue weighted by Gasteiger charge is -2.37. The van der Waals surface area contributed by atoms with E-state index < -0.39 is 18.7 Å². The molecular formula is C35H48FN3O7. The Balaban J connectivity index is 1.16. The number of furan rings is 1. The molecule has 4 fully saturated rings. The molecule has 0 bridgehead atoms. The topological polar surface area (TPSA) is 133 Å². The molecule has 4 atom stereocenters. The summed E-state index contributed by atoms with van der Waals surface area (Å²) in [4.78, 5) is 42.7. The smallest absolute Gasteiger partial charge is 0.374 e. The van der Waals surface area contributed by atoms with Crippen LogP contribution < -0.4 is 11.1 Å². The van der Waals surface area contributed by atoms with Gasteiger partial charge in [-0.1, -0.05) is 0 Å². The van der Waals surface area contributed by atoms with Crippen LogP contribution in [-0.2, 0) is 23.8 Å². The molecule has 0 radical (unpaired) electrons. The number of carbonyl (C=O) groups excluding carboxylic acids is 3. The van der Waals surface area contributed by atoms with Crippen molar-refractivity contribution in [2.24, 2.45) is 29.4 Å². The van der Waals surface area contributed by atoms with Crippen LogP contribution in [0.2, 0.25) is 0 Å². The highest BCUT2D eigenvalue weighted by atomic mass is 19.1. The molecule has 252 valence electrons. The molecule has 11 heteroatoms. The molecule has 2 saturated carbocycles. The largest absolute Gasteiger partial charge is 0.454 e. The Morgan fingerprint density at radius 1 is 1.02 bits per heavy atom. The molecule has 1 aromatic heterocycles. The summed E-state index contributed by atoms with van der Waals surface area (Å²) in [5, 5.41) is 3.77. The van der Waals surface area contributed by atoms with Crippen LogP contribution in [0.15, 0.2) is 28.7 Å². The van der Waals surface area contributed by atoms with Crippen molar-refractivity contribution in [3.63, 3.8) is 0 Å². The summed E-state index contributed by atoms with van der Waals surface area (Å²) in [6.07, 6.45) is 8.68. The van der Waals surface area contributed by atoms with Gasteiger partial charge >= 0.3 is 5.97 Å². The van der Waals surface area contributed by atoms with Gasteiger partial charge in [-0.2, -0.15) is 0 Å². The first-order valence-corrected chi connectivity index (χ1v) is 17.1. The molecular weight excluding hydrogens is 593 g/mol. The van der Waals surface area contributed by atoms with Gasteiger partial charge in [-0.05, 0) is 106 Å². The minimum Gasteiger partial charge on any atom is -0.454 e. The number of halogens is 1. The molecule has 0 spiro atoms. The highest BCUT2D eigenvalue weighted by Gasteiger charge is 2.47. The van der Waals surface area contributed by atoms with Crippen LogP contribution in [0.3, 0.4) is 0 Å². The standard InChI is InChI=1S/C35H48FN3O7/c1-43-26-9-6-21(7-10-26)28-13-16-39(34(41)23-4-2-22(3-5-23)29(37)12-15-36)32(28)33(40)38-25-8-11-30-24(18-25)19-31(46-30)35(42)45-27-14-17-44-20-27/h8,11,18-19,21-23,26-29,32H,2-7,9-10,12-17,20,37H2,1H3,(H,38,40)/t21?,22?,23?,26?,27?,28-,29+,32-/m0/s1. The summed E-state index contributed by atoms with van der Waals surface area (Å²) >= 11 is 0. The molecule has 2 saturated heterocycles. The van der Waals surface area contributed by atoms with Gasteiger partial charge in [0.15, 0.2) is 0 Å². The number of hydrogen-bond donors (Lipinski definition) is 2. The number of ether oxygens (including phenoxy) is 3. The van der Waals surface area contributed by atoms with E-state index in [2.05, 4.69) is 5.32 Å². The lowest BCUT2D eigenvalue weighted by Crippen LogP contribution is -2.50. The zero-order valence-electron chi connectivity index (χ0n) is 26.8. The first kappa shape index (κ1) is 32.9. The highest BCUT2D eigenvalue weighted by Crippen LogP contribution is 2.42. The number of nitrogens with zero attached hydrogens (tertiary/aromatic N) is 1. The third-order valence-corrected chi connectivity index (χ3v) is 11.0. The predicted molar refractivity (Wildman–Crippen MR) is 170 cm³/mol. The van der Waals surface area contributed by atoms with Crippen LogP contribution in [-0.4, -0.2) is 80.5 Å². The summed E-state index contributed by atoms with van der Waals surface area (Å²) in [6, 6.07) is 6.16. The van der Waals surface area contributed by atoms with Gasteiger partial charge in [-0.15, -0.1) is 0 Å². The Hall–Kier alpha value is -3.02. The maximum Gasteiger partial charge on any atom is 0.374 e. The van der Waals surface area contributed by atoms with Crippen molar-refractivity contribution in [3.05, 3.63) is 30.0 Å². The molecule has 1 aromatic carbocycles. The van der Waals surface area contributed by atoms with Crippen LogP contribution in [0.1, 0.15) is 81.2 Å². The van der Waals surface area contributed by atoms with Crippen LogP contribution in [0.4, 0.5) is 10.1 Å². The van der Waals surface area contributed by atoms with Crippen LogP contribution >= 0.6 is 0 Å². The molecule has 6 rings (SSSR count). The van der Waals surface area contributed by atoms with E-state index in [-0.39, 0.29) is 53.6 Å². The van der Waals surface area contributed by atoms with Crippen molar-refractivity contribution in [3.8, 4) is 0 Å². The number of anilines is 1. The summed E-state index contributed by atoms with van der Waals surface area (Å²) < 4.78 is 35.0. The Morgan fingerprint density at radius 3 is 2.50 bits per heavy atom. The Kier molecular flexibility index (Phi) is 10.6. The second-order valence-corrected chi connectivity index (χ2v) is 13.7. The fourth-order valence-electron chi connectivity index (χ4n) is 8.29. The quantitative estimate of drug-likeness (QED) is 0.337. The van der Waals surface area contributed by atoms with E-state index >= 15 is 0 Å². The van der Waals surface area contributed by atoms with Crippen molar-refractivity contribution in [1.82, 2.24) is 4.90 Å². The van der Waals surface area contributed by atoms with E-state index in [0.717, 1.165) is 44.9 Å². The number of esters is 1. The number of hydrogen-bond acceptors (Lipinski definition) is 8. The highest BCUT2D eigenvalue weighted by molar-refractivity contribution is 6.00. The molecule has 4 aliphatic rings. The average Bonchev–Trinajstić information content (AvgIpc) is 3.85. The minimum atomic E-state index is -0.567. The molecule has 2 aromatic rings. The lowest BCUT2D eigenvalue weighted by molar-refractivity contribution is -0.142. The molecule has 10 nitrogen and oxygen atoms in total. The monoisotopic (exact) mass is 641 g/mol.